The van der Waals surface area contributed by atoms with Gasteiger partial charge in [0.2, 0.25) is 0 Å². The molecule has 1 aliphatic heterocycles. The first kappa shape index (κ1) is 15.5. The monoisotopic (exact) mass is 326 g/mol. The molecule has 0 saturated carbocycles. The van der Waals surface area contributed by atoms with Crippen molar-refractivity contribution in [2.45, 2.75) is 13.5 Å². The maximum absolute atomic E-state index is 12.6. The molecule has 3 rings (SSSR count). The van der Waals surface area contributed by atoms with Crippen LogP contribution in [0.4, 0.5) is 5.69 Å². The van der Waals surface area contributed by atoms with E-state index in [1.165, 1.54) is 6.20 Å². The number of hydroxylamine groups is 2. The number of nitrogens with zero attached hydrogens (tertiary/aromatic N) is 2. The topological polar surface area (TPSA) is 52.9 Å². The Morgan fingerprint density at radius 3 is 2.70 bits per heavy atom. The van der Waals surface area contributed by atoms with Crippen molar-refractivity contribution in [2.75, 3.05) is 0 Å². The van der Waals surface area contributed by atoms with Crippen molar-refractivity contribution in [1.82, 2.24) is 5.06 Å². The number of Topliss-reactive ketones (excluding diaryl/α,β-unsaturated/α-hetero) is 1. The van der Waals surface area contributed by atoms with Gasteiger partial charge in [0.1, 0.15) is 5.17 Å². The normalized spacial score (nSPS) is 15.3. The van der Waals surface area contributed by atoms with Crippen LogP contribution in [0, 0.1) is 6.92 Å². The lowest BCUT2D eigenvalue weighted by atomic mass is 9.98. The summed E-state index contributed by atoms with van der Waals surface area (Å²) in [6, 6.07) is 14.9. The molecular weight excluding hydrogens is 312 g/mol. The standard InChI is InChI=1S/C18H15ClN2O2/c1-12-7-8-16-14(9-12)17(22)15(18(19)20-16)11-21(23)10-13-5-3-2-4-6-13/h2-9,11,23H,10H2,1H3. The number of aryl methyl sites for hydroxylation is 1. The van der Waals surface area contributed by atoms with Gasteiger partial charge < -0.3 is 0 Å². The molecule has 0 spiro atoms. The van der Waals surface area contributed by atoms with Gasteiger partial charge in [-0.15, -0.1) is 0 Å². The summed E-state index contributed by atoms with van der Waals surface area (Å²) in [7, 11) is 0. The number of benzene rings is 2. The Kier molecular flexibility index (Phi) is 4.28. The fourth-order valence-corrected chi connectivity index (χ4v) is 2.64. The van der Waals surface area contributed by atoms with E-state index >= 15 is 0 Å². The molecule has 116 valence electrons. The molecule has 23 heavy (non-hydrogen) atoms. The summed E-state index contributed by atoms with van der Waals surface area (Å²) in [4.78, 5) is 16.8. The van der Waals surface area contributed by atoms with Crippen molar-refractivity contribution in [2.24, 2.45) is 4.99 Å². The number of rotatable bonds is 3. The van der Waals surface area contributed by atoms with Crippen molar-refractivity contribution < 1.29 is 10.0 Å². The van der Waals surface area contributed by atoms with Crippen molar-refractivity contribution in [3.05, 3.63) is 77.0 Å². The van der Waals surface area contributed by atoms with Gasteiger partial charge in [-0.05, 0) is 24.6 Å². The SMILES string of the molecule is Cc1ccc2c(c1)C(=O)C(=CN(O)Cc1ccccc1)C(Cl)=N2. The van der Waals surface area contributed by atoms with Crippen molar-refractivity contribution >= 4 is 28.2 Å². The summed E-state index contributed by atoms with van der Waals surface area (Å²) < 4.78 is 0. The average Bonchev–Trinajstić information content (AvgIpc) is 2.53. The van der Waals surface area contributed by atoms with E-state index in [1.54, 1.807) is 12.1 Å². The molecule has 0 amide bonds. The van der Waals surface area contributed by atoms with Gasteiger partial charge in [0, 0.05) is 11.8 Å². The molecule has 0 atom stereocenters. The Hall–Kier alpha value is -2.43. The van der Waals surface area contributed by atoms with Gasteiger partial charge in [0.25, 0.3) is 0 Å². The second-order valence-corrected chi connectivity index (χ2v) is 5.74. The number of hydrogen-bond donors (Lipinski definition) is 1. The third kappa shape index (κ3) is 3.33. The molecule has 0 radical (unpaired) electrons. The predicted molar refractivity (Wildman–Crippen MR) is 90.3 cm³/mol. The summed E-state index contributed by atoms with van der Waals surface area (Å²) in [5, 5.41) is 11.1. The van der Waals surface area contributed by atoms with Gasteiger partial charge in [0.15, 0.2) is 5.78 Å². The number of carbonyl (C=O) groups excluding carboxylic acids is 1. The summed E-state index contributed by atoms with van der Waals surface area (Å²) in [5.41, 5.74) is 3.11. The van der Waals surface area contributed by atoms with Crippen LogP contribution < -0.4 is 0 Å². The first-order valence-corrected chi connectivity index (χ1v) is 7.53. The minimum Gasteiger partial charge on any atom is -0.289 e. The van der Waals surface area contributed by atoms with E-state index in [0.29, 0.717) is 11.3 Å². The fourth-order valence-electron chi connectivity index (χ4n) is 2.41. The highest BCUT2D eigenvalue weighted by Crippen LogP contribution is 2.30. The van der Waals surface area contributed by atoms with Crippen LogP contribution in [0.15, 0.2) is 65.3 Å². The Morgan fingerprint density at radius 1 is 1.22 bits per heavy atom. The van der Waals surface area contributed by atoms with Gasteiger partial charge in [-0.1, -0.05) is 53.6 Å². The quantitative estimate of drug-likeness (QED) is 0.678. The Labute approximate surface area is 139 Å². The largest absolute Gasteiger partial charge is 0.289 e. The first-order valence-electron chi connectivity index (χ1n) is 7.16. The molecule has 0 unspecified atom stereocenters. The van der Waals surface area contributed by atoms with Crippen LogP contribution in [-0.4, -0.2) is 21.2 Å². The third-order valence-corrected chi connectivity index (χ3v) is 3.84. The smallest absolute Gasteiger partial charge is 0.199 e. The van der Waals surface area contributed by atoms with Crippen LogP contribution in [-0.2, 0) is 6.54 Å². The minimum absolute atomic E-state index is 0.0819. The second kappa shape index (κ2) is 6.36. The first-order chi connectivity index (χ1) is 11.0. The molecule has 4 nitrogen and oxygen atoms in total. The molecule has 0 fully saturated rings. The lowest BCUT2D eigenvalue weighted by Crippen LogP contribution is -2.19. The number of ketones is 1. The Bertz CT molecular complexity index is 813. The van der Waals surface area contributed by atoms with Crippen LogP contribution >= 0.6 is 11.6 Å². The molecule has 0 saturated heterocycles. The highest BCUT2D eigenvalue weighted by atomic mass is 35.5. The number of carbonyl (C=O) groups is 1. The molecule has 5 heteroatoms. The summed E-state index contributed by atoms with van der Waals surface area (Å²) in [5.74, 6) is -0.240. The lowest BCUT2D eigenvalue weighted by molar-refractivity contribution is -0.0495. The van der Waals surface area contributed by atoms with E-state index in [9.17, 15) is 10.0 Å². The molecule has 1 aliphatic rings. The molecule has 2 aromatic carbocycles. The molecular formula is C18H15ClN2O2. The van der Waals surface area contributed by atoms with Crippen LogP contribution in [0.25, 0.3) is 0 Å². The summed E-state index contributed by atoms with van der Waals surface area (Å²) >= 11 is 6.12. The maximum Gasteiger partial charge on any atom is 0.199 e. The van der Waals surface area contributed by atoms with Crippen molar-refractivity contribution in [3.63, 3.8) is 0 Å². The Morgan fingerprint density at radius 2 is 1.96 bits per heavy atom. The summed E-state index contributed by atoms with van der Waals surface area (Å²) in [6.45, 7) is 2.16. The van der Waals surface area contributed by atoms with Gasteiger partial charge in [0.05, 0.1) is 17.8 Å². The molecule has 2 aromatic rings. The van der Waals surface area contributed by atoms with Crippen LogP contribution in [0.5, 0.6) is 0 Å². The number of aliphatic imine (C=N–C) groups is 1. The number of hydrogen-bond acceptors (Lipinski definition) is 4. The fraction of sp³-hybridized carbons (Fsp3) is 0.111. The van der Waals surface area contributed by atoms with Gasteiger partial charge in [-0.3, -0.25) is 15.1 Å². The van der Waals surface area contributed by atoms with Gasteiger partial charge in [-0.25, -0.2) is 4.99 Å². The van der Waals surface area contributed by atoms with E-state index in [-0.39, 0.29) is 23.1 Å². The number of halogens is 1. The molecule has 0 bridgehead atoms. The number of allylic oxidation sites excluding steroid dienone is 1. The molecule has 0 aliphatic carbocycles. The predicted octanol–water partition coefficient (Wildman–Crippen LogP) is 4.24. The van der Waals surface area contributed by atoms with Gasteiger partial charge in [-0.2, -0.15) is 0 Å². The maximum atomic E-state index is 12.6. The van der Waals surface area contributed by atoms with E-state index in [1.807, 2.05) is 43.3 Å². The van der Waals surface area contributed by atoms with E-state index in [4.69, 9.17) is 11.6 Å². The van der Waals surface area contributed by atoms with Crippen molar-refractivity contribution in [3.8, 4) is 0 Å². The molecule has 1 N–H and O–H groups in total. The molecule has 1 heterocycles. The van der Waals surface area contributed by atoms with Crippen LogP contribution in [0.3, 0.4) is 0 Å². The van der Waals surface area contributed by atoms with E-state index in [0.717, 1.165) is 16.2 Å². The van der Waals surface area contributed by atoms with Gasteiger partial charge >= 0.3 is 0 Å². The zero-order valence-electron chi connectivity index (χ0n) is 12.5. The zero-order chi connectivity index (χ0) is 16.4. The van der Waals surface area contributed by atoms with Crippen LogP contribution in [0.2, 0.25) is 0 Å². The van der Waals surface area contributed by atoms with Crippen LogP contribution in [0.1, 0.15) is 21.5 Å². The minimum atomic E-state index is -0.240. The zero-order valence-corrected chi connectivity index (χ0v) is 13.3. The van der Waals surface area contributed by atoms with E-state index in [2.05, 4.69) is 4.99 Å². The Balaban J connectivity index is 1.89. The highest BCUT2D eigenvalue weighted by Gasteiger charge is 2.25. The average molecular weight is 327 g/mol. The second-order valence-electron chi connectivity index (χ2n) is 5.38. The lowest BCUT2D eigenvalue weighted by Gasteiger charge is -2.18. The summed E-state index contributed by atoms with van der Waals surface area (Å²) in [6.07, 6.45) is 1.33. The number of fused-ring (bicyclic) bond motifs is 1. The van der Waals surface area contributed by atoms with Crippen molar-refractivity contribution in [1.29, 1.82) is 0 Å². The third-order valence-electron chi connectivity index (χ3n) is 3.55. The molecule has 0 aromatic heterocycles. The van der Waals surface area contributed by atoms with E-state index < -0.39 is 0 Å². The highest BCUT2D eigenvalue weighted by molar-refractivity contribution is 6.73.